The Hall–Kier alpha value is -1.11. The quantitative estimate of drug-likeness (QED) is 0.656. The van der Waals surface area contributed by atoms with Gasteiger partial charge in [-0.2, -0.15) is 0 Å². The molecule has 2 rings (SSSR count). The predicted molar refractivity (Wildman–Crippen MR) is 71.2 cm³/mol. The second-order valence-electron chi connectivity index (χ2n) is 3.54. The number of rotatable bonds is 4. The zero-order valence-corrected chi connectivity index (χ0v) is 11.0. The highest BCUT2D eigenvalue weighted by Crippen LogP contribution is 2.28. The van der Waals surface area contributed by atoms with Gasteiger partial charge in [0.2, 0.25) is 0 Å². The van der Waals surface area contributed by atoms with Gasteiger partial charge in [0.05, 0.1) is 6.10 Å². The molecule has 1 atom stereocenters. The summed E-state index contributed by atoms with van der Waals surface area (Å²) in [7, 11) is 0. The Morgan fingerprint density at radius 3 is 2.82 bits per heavy atom. The lowest BCUT2D eigenvalue weighted by Crippen LogP contribution is -2.04. The van der Waals surface area contributed by atoms with Crippen molar-refractivity contribution in [1.82, 2.24) is 10.2 Å². The van der Waals surface area contributed by atoms with Crippen LogP contribution < -0.4 is 5.73 Å². The lowest BCUT2D eigenvalue weighted by atomic mass is 10.1. The lowest BCUT2D eigenvalue weighted by Gasteiger charge is -2.11. The number of benzene rings is 1. The fourth-order valence-corrected chi connectivity index (χ4v) is 3.19. The minimum Gasteiger partial charge on any atom is -0.398 e. The van der Waals surface area contributed by atoms with Gasteiger partial charge in [-0.15, -0.1) is 10.2 Å². The Bertz CT molecular complexity index is 501. The average Bonchev–Trinajstić information content (AvgIpc) is 2.73. The highest BCUT2D eigenvalue weighted by atomic mass is 32.2. The second kappa shape index (κ2) is 5.48. The summed E-state index contributed by atoms with van der Waals surface area (Å²) in [6, 6.07) is 7.35. The zero-order valence-electron chi connectivity index (χ0n) is 9.33. The molecule has 0 radical (unpaired) electrons. The van der Waals surface area contributed by atoms with Crippen molar-refractivity contribution in [3.05, 3.63) is 34.8 Å². The number of anilines is 1. The van der Waals surface area contributed by atoms with Crippen LogP contribution in [0.3, 0.4) is 0 Å². The van der Waals surface area contributed by atoms with Crippen LogP contribution in [0.5, 0.6) is 0 Å². The molecule has 0 spiro atoms. The third-order valence-electron chi connectivity index (χ3n) is 2.23. The van der Waals surface area contributed by atoms with E-state index in [1.54, 1.807) is 6.07 Å². The number of nitrogens with zero attached hydrogens (tertiary/aromatic N) is 2. The normalized spacial score (nSPS) is 12.6. The molecule has 1 unspecified atom stereocenters. The van der Waals surface area contributed by atoms with E-state index in [1.807, 2.05) is 25.1 Å². The van der Waals surface area contributed by atoms with Crippen molar-refractivity contribution < 1.29 is 5.11 Å². The number of nitrogens with two attached hydrogens (primary N) is 1. The molecule has 0 aliphatic carbocycles. The van der Waals surface area contributed by atoms with Crippen LogP contribution in [0, 0.1) is 6.92 Å². The number of aryl methyl sites for hydroxylation is 1. The molecule has 4 nitrogen and oxygen atoms in total. The van der Waals surface area contributed by atoms with E-state index in [-0.39, 0.29) is 0 Å². The van der Waals surface area contributed by atoms with Gasteiger partial charge in [0, 0.05) is 17.0 Å². The molecule has 0 fully saturated rings. The standard InChI is InChI=1S/C11H13N3OS2/c1-7-13-14-11(17-7)16-6-10(15)8-4-2-3-5-9(8)12/h2-5,10,15H,6,12H2,1H3. The summed E-state index contributed by atoms with van der Waals surface area (Å²) in [5.74, 6) is 0.531. The minimum atomic E-state index is -0.578. The lowest BCUT2D eigenvalue weighted by molar-refractivity contribution is 0.205. The number of thioether (sulfide) groups is 1. The minimum absolute atomic E-state index is 0.531. The molecule has 0 saturated heterocycles. The molecule has 1 heterocycles. The van der Waals surface area contributed by atoms with Crippen molar-refractivity contribution >= 4 is 28.8 Å². The molecule has 6 heteroatoms. The number of aliphatic hydroxyl groups excluding tert-OH is 1. The van der Waals surface area contributed by atoms with E-state index in [2.05, 4.69) is 10.2 Å². The van der Waals surface area contributed by atoms with Gasteiger partial charge < -0.3 is 10.8 Å². The zero-order chi connectivity index (χ0) is 12.3. The summed E-state index contributed by atoms with van der Waals surface area (Å²) < 4.78 is 0.871. The average molecular weight is 267 g/mol. The molecule has 0 bridgehead atoms. The summed E-state index contributed by atoms with van der Waals surface area (Å²) >= 11 is 3.02. The molecule has 0 aliphatic rings. The van der Waals surface area contributed by atoms with Crippen LogP contribution in [0.4, 0.5) is 5.69 Å². The molecular formula is C11H13N3OS2. The summed E-state index contributed by atoms with van der Waals surface area (Å²) in [6.45, 7) is 1.91. The van der Waals surface area contributed by atoms with Crippen LogP contribution >= 0.6 is 23.1 Å². The highest BCUT2D eigenvalue weighted by molar-refractivity contribution is 8.01. The number of hydrogen-bond donors (Lipinski definition) is 2. The molecule has 90 valence electrons. The van der Waals surface area contributed by atoms with E-state index >= 15 is 0 Å². The Morgan fingerprint density at radius 1 is 1.41 bits per heavy atom. The largest absolute Gasteiger partial charge is 0.398 e. The maximum Gasteiger partial charge on any atom is 0.174 e. The van der Waals surface area contributed by atoms with Gasteiger partial charge >= 0.3 is 0 Å². The number of aliphatic hydroxyl groups is 1. The van der Waals surface area contributed by atoms with Crippen molar-refractivity contribution in [2.75, 3.05) is 11.5 Å². The molecule has 0 saturated carbocycles. The molecule has 2 aromatic rings. The Morgan fingerprint density at radius 2 is 2.18 bits per heavy atom. The van der Waals surface area contributed by atoms with Crippen LogP contribution in [0.1, 0.15) is 16.7 Å². The van der Waals surface area contributed by atoms with Crippen LogP contribution in [-0.4, -0.2) is 21.1 Å². The van der Waals surface area contributed by atoms with Crippen molar-refractivity contribution in [2.45, 2.75) is 17.4 Å². The van der Waals surface area contributed by atoms with Gasteiger partial charge in [0.25, 0.3) is 0 Å². The summed E-state index contributed by atoms with van der Waals surface area (Å²) in [5.41, 5.74) is 7.18. The number of para-hydroxylation sites is 1. The van der Waals surface area contributed by atoms with E-state index < -0.39 is 6.10 Å². The molecule has 1 aromatic carbocycles. The number of aromatic nitrogens is 2. The van der Waals surface area contributed by atoms with E-state index in [0.29, 0.717) is 11.4 Å². The van der Waals surface area contributed by atoms with E-state index in [0.717, 1.165) is 14.9 Å². The van der Waals surface area contributed by atoms with Gasteiger partial charge in [-0.25, -0.2) is 0 Å². The van der Waals surface area contributed by atoms with Crippen molar-refractivity contribution in [3.8, 4) is 0 Å². The second-order valence-corrected chi connectivity index (χ2v) is 5.99. The topological polar surface area (TPSA) is 72.0 Å². The Kier molecular flexibility index (Phi) is 3.98. The van der Waals surface area contributed by atoms with Gasteiger partial charge in [0.1, 0.15) is 5.01 Å². The van der Waals surface area contributed by atoms with Crippen LogP contribution in [0.2, 0.25) is 0 Å². The van der Waals surface area contributed by atoms with E-state index in [9.17, 15) is 5.11 Å². The van der Waals surface area contributed by atoms with Crippen molar-refractivity contribution in [3.63, 3.8) is 0 Å². The first-order chi connectivity index (χ1) is 8.16. The van der Waals surface area contributed by atoms with Gasteiger partial charge in [-0.05, 0) is 13.0 Å². The third kappa shape index (κ3) is 3.18. The molecule has 1 aromatic heterocycles. The SMILES string of the molecule is Cc1nnc(SCC(O)c2ccccc2N)s1. The number of hydrogen-bond acceptors (Lipinski definition) is 6. The van der Waals surface area contributed by atoms with Crippen LogP contribution in [-0.2, 0) is 0 Å². The maximum absolute atomic E-state index is 10.0. The monoisotopic (exact) mass is 267 g/mol. The van der Waals surface area contributed by atoms with Gasteiger partial charge in [-0.3, -0.25) is 0 Å². The predicted octanol–water partition coefficient (Wildman–Crippen LogP) is 2.25. The molecule has 0 amide bonds. The van der Waals surface area contributed by atoms with Gasteiger partial charge in [0.15, 0.2) is 4.34 Å². The van der Waals surface area contributed by atoms with Gasteiger partial charge in [-0.1, -0.05) is 41.3 Å². The Labute approximate surface area is 108 Å². The fourth-order valence-electron chi connectivity index (χ4n) is 1.39. The summed E-state index contributed by atoms with van der Waals surface area (Å²) in [5, 5.41) is 18.9. The maximum atomic E-state index is 10.0. The summed E-state index contributed by atoms with van der Waals surface area (Å²) in [6.07, 6.45) is -0.578. The molecule has 17 heavy (non-hydrogen) atoms. The highest BCUT2D eigenvalue weighted by Gasteiger charge is 2.12. The molecule has 3 N–H and O–H groups in total. The molecule has 0 aliphatic heterocycles. The van der Waals surface area contributed by atoms with E-state index in [1.165, 1.54) is 23.1 Å². The fraction of sp³-hybridized carbons (Fsp3) is 0.273. The summed E-state index contributed by atoms with van der Waals surface area (Å²) in [4.78, 5) is 0. The van der Waals surface area contributed by atoms with Crippen LogP contribution in [0.25, 0.3) is 0 Å². The smallest absolute Gasteiger partial charge is 0.174 e. The van der Waals surface area contributed by atoms with E-state index in [4.69, 9.17) is 5.73 Å². The number of nitrogen functional groups attached to an aromatic ring is 1. The van der Waals surface area contributed by atoms with Crippen LogP contribution in [0.15, 0.2) is 28.6 Å². The first-order valence-corrected chi connectivity index (χ1v) is 6.92. The Balaban J connectivity index is 1.98. The molecular weight excluding hydrogens is 254 g/mol. The first kappa shape index (κ1) is 12.3. The van der Waals surface area contributed by atoms with Crippen molar-refractivity contribution in [1.29, 1.82) is 0 Å². The first-order valence-electron chi connectivity index (χ1n) is 5.12. The van der Waals surface area contributed by atoms with Crippen molar-refractivity contribution in [2.24, 2.45) is 0 Å². The third-order valence-corrected chi connectivity index (χ3v) is 4.28.